The van der Waals surface area contributed by atoms with Gasteiger partial charge in [0.1, 0.15) is 17.6 Å². The summed E-state index contributed by atoms with van der Waals surface area (Å²) in [6, 6.07) is 5.40. The zero-order valence-electron chi connectivity index (χ0n) is 12.4. The molecule has 1 unspecified atom stereocenters. The van der Waals surface area contributed by atoms with E-state index in [4.69, 9.17) is 14.2 Å². The molecule has 0 amide bonds. The summed E-state index contributed by atoms with van der Waals surface area (Å²) in [6.07, 6.45) is 0.720. The van der Waals surface area contributed by atoms with E-state index in [1.807, 2.05) is 26.0 Å². The molecule has 0 fully saturated rings. The van der Waals surface area contributed by atoms with E-state index in [9.17, 15) is 5.11 Å². The van der Waals surface area contributed by atoms with Gasteiger partial charge >= 0.3 is 0 Å². The van der Waals surface area contributed by atoms with Crippen molar-refractivity contribution in [3.05, 3.63) is 23.8 Å². The summed E-state index contributed by atoms with van der Waals surface area (Å²) in [7, 11) is 4.82. The van der Waals surface area contributed by atoms with Gasteiger partial charge in [0.15, 0.2) is 0 Å². The lowest BCUT2D eigenvalue weighted by molar-refractivity contribution is -0.110. The molecular weight excluding hydrogens is 244 g/mol. The van der Waals surface area contributed by atoms with Crippen molar-refractivity contribution in [3.63, 3.8) is 0 Å². The molecule has 1 atom stereocenters. The van der Waals surface area contributed by atoms with Crippen LogP contribution in [-0.2, 0) is 4.74 Å². The fourth-order valence-electron chi connectivity index (χ4n) is 2.33. The molecule has 0 aromatic heterocycles. The predicted octanol–water partition coefficient (Wildman–Crippen LogP) is 2.94. The highest BCUT2D eigenvalue weighted by atomic mass is 16.5. The first-order valence-corrected chi connectivity index (χ1v) is 6.53. The van der Waals surface area contributed by atoms with Crippen molar-refractivity contribution in [2.45, 2.75) is 38.4 Å². The summed E-state index contributed by atoms with van der Waals surface area (Å²) in [4.78, 5) is 0. The highest BCUT2D eigenvalue weighted by molar-refractivity contribution is 5.40. The smallest absolute Gasteiger partial charge is 0.122 e. The van der Waals surface area contributed by atoms with Gasteiger partial charge in [-0.15, -0.1) is 0 Å². The third-order valence-corrected chi connectivity index (χ3v) is 3.79. The molecule has 0 bridgehead atoms. The highest BCUT2D eigenvalue weighted by Crippen LogP contribution is 2.37. The van der Waals surface area contributed by atoms with Gasteiger partial charge in [-0.05, 0) is 30.5 Å². The summed E-state index contributed by atoms with van der Waals surface area (Å²) >= 11 is 0. The molecule has 1 rings (SSSR count). The molecule has 0 saturated heterocycles. The van der Waals surface area contributed by atoms with Gasteiger partial charge in [-0.2, -0.15) is 0 Å². The van der Waals surface area contributed by atoms with Crippen LogP contribution < -0.4 is 9.47 Å². The molecule has 1 N–H and O–H groups in total. The first-order chi connectivity index (χ1) is 9.06. The van der Waals surface area contributed by atoms with E-state index >= 15 is 0 Å². The average molecular weight is 268 g/mol. The summed E-state index contributed by atoms with van der Waals surface area (Å²) < 4.78 is 16.0. The van der Waals surface area contributed by atoms with Crippen molar-refractivity contribution >= 4 is 0 Å². The largest absolute Gasteiger partial charge is 0.497 e. The third-order valence-electron chi connectivity index (χ3n) is 3.79. The Bertz CT molecular complexity index is 369. The van der Waals surface area contributed by atoms with E-state index in [2.05, 4.69) is 0 Å². The summed E-state index contributed by atoms with van der Waals surface area (Å²) in [5.41, 5.74) is 0.152. The quantitative estimate of drug-likeness (QED) is 0.826. The highest BCUT2D eigenvalue weighted by Gasteiger charge is 2.36. The molecule has 0 heterocycles. The normalized spacial score (nSPS) is 13.2. The van der Waals surface area contributed by atoms with Gasteiger partial charge in [0.2, 0.25) is 0 Å². The van der Waals surface area contributed by atoms with Crippen LogP contribution in [0.5, 0.6) is 11.5 Å². The lowest BCUT2D eigenvalue weighted by Crippen LogP contribution is -2.37. The van der Waals surface area contributed by atoms with Crippen LogP contribution in [0.4, 0.5) is 0 Å². The first-order valence-electron chi connectivity index (χ1n) is 6.53. The van der Waals surface area contributed by atoms with Gasteiger partial charge in [-0.3, -0.25) is 0 Å². The van der Waals surface area contributed by atoms with Gasteiger partial charge in [-0.1, -0.05) is 13.8 Å². The Morgan fingerprint density at radius 3 is 1.79 bits per heavy atom. The fourth-order valence-corrected chi connectivity index (χ4v) is 2.33. The minimum absolute atomic E-state index is 0.586. The van der Waals surface area contributed by atoms with E-state index in [0.717, 1.165) is 18.4 Å². The minimum atomic E-state index is -0.725. The van der Waals surface area contributed by atoms with Crippen LogP contribution in [0.3, 0.4) is 0 Å². The van der Waals surface area contributed by atoms with Gasteiger partial charge < -0.3 is 19.3 Å². The molecule has 0 aliphatic rings. The van der Waals surface area contributed by atoms with Gasteiger partial charge in [0.05, 0.1) is 19.8 Å². The van der Waals surface area contributed by atoms with Gasteiger partial charge in [-0.25, -0.2) is 0 Å². The second-order valence-corrected chi connectivity index (χ2v) is 4.52. The van der Waals surface area contributed by atoms with Crippen molar-refractivity contribution in [2.75, 3.05) is 21.3 Å². The zero-order valence-corrected chi connectivity index (χ0v) is 12.4. The number of aliphatic hydroxyl groups is 1. The maximum absolute atomic E-state index is 10.6. The Morgan fingerprint density at radius 1 is 1.00 bits per heavy atom. The number of aliphatic hydroxyl groups excluding tert-OH is 1. The van der Waals surface area contributed by atoms with E-state index in [1.54, 1.807) is 27.4 Å². The molecule has 0 radical (unpaired) electrons. The number of ether oxygens (including phenoxy) is 3. The maximum Gasteiger partial charge on any atom is 0.122 e. The van der Waals surface area contributed by atoms with Crippen LogP contribution in [-0.4, -0.2) is 32.0 Å². The molecule has 108 valence electrons. The number of hydrogen-bond donors (Lipinski definition) is 1. The van der Waals surface area contributed by atoms with Crippen LogP contribution >= 0.6 is 0 Å². The Morgan fingerprint density at radius 2 is 1.47 bits per heavy atom. The molecule has 1 aromatic rings. The standard InChI is InChI=1S/C15H24O4/c1-6-15(7-2,19-5)14(16)11-8-12(17-3)10-13(9-11)18-4/h8-10,14,16H,6-7H2,1-5H3. The summed E-state index contributed by atoms with van der Waals surface area (Å²) in [6.45, 7) is 4.02. The first kappa shape index (κ1) is 15.8. The van der Waals surface area contributed by atoms with Crippen molar-refractivity contribution in [2.24, 2.45) is 0 Å². The number of rotatable bonds is 7. The van der Waals surface area contributed by atoms with Crippen molar-refractivity contribution in [1.29, 1.82) is 0 Å². The van der Waals surface area contributed by atoms with Crippen molar-refractivity contribution in [3.8, 4) is 11.5 Å². The number of methoxy groups -OCH3 is 3. The maximum atomic E-state index is 10.6. The molecule has 19 heavy (non-hydrogen) atoms. The van der Waals surface area contributed by atoms with Gasteiger partial charge in [0.25, 0.3) is 0 Å². The summed E-state index contributed by atoms with van der Waals surface area (Å²) in [5, 5.41) is 10.6. The molecule has 4 nitrogen and oxygen atoms in total. The molecule has 0 aliphatic heterocycles. The second-order valence-electron chi connectivity index (χ2n) is 4.52. The summed E-state index contributed by atoms with van der Waals surface area (Å²) in [5.74, 6) is 1.32. The Hall–Kier alpha value is -1.26. The molecule has 4 heteroatoms. The monoisotopic (exact) mass is 268 g/mol. The lowest BCUT2D eigenvalue weighted by atomic mass is 9.86. The molecular formula is C15H24O4. The average Bonchev–Trinajstić information content (AvgIpc) is 2.48. The van der Waals surface area contributed by atoms with Crippen molar-refractivity contribution < 1.29 is 19.3 Å². The molecule has 0 spiro atoms. The third kappa shape index (κ3) is 3.19. The SMILES string of the molecule is CCC(CC)(OC)C(O)c1cc(OC)cc(OC)c1. The van der Waals surface area contributed by atoms with Crippen molar-refractivity contribution in [1.82, 2.24) is 0 Å². The Kier molecular flexibility index (Phi) is 5.63. The van der Waals surface area contributed by atoms with Crippen LogP contribution in [0, 0.1) is 0 Å². The molecule has 0 aliphatic carbocycles. The van der Waals surface area contributed by atoms with E-state index in [-0.39, 0.29) is 0 Å². The van der Waals surface area contributed by atoms with E-state index < -0.39 is 11.7 Å². The predicted molar refractivity (Wildman–Crippen MR) is 74.8 cm³/mol. The van der Waals surface area contributed by atoms with Crippen LogP contribution in [0.15, 0.2) is 18.2 Å². The topological polar surface area (TPSA) is 47.9 Å². The Balaban J connectivity index is 3.20. The lowest BCUT2D eigenvalue weighted by Gasteiger charge is -2.35. The zero-order chi connectivity index (χ0) is 14.5. The Labute approximate surface area is 115 Å². The van der Waals surface area contributed by atoms with Crippen LogP contribution in [0.25, 0.3) is 0 Å². The fraction of sp³-hybridized carbons (Fsp3) is 0.600. The van der Waals surface area contributed by atoms with E-state index in [1.165, 1.54) is 0 Å². The number of hydrogen-bond acceptors (Lipinski definition) is 4. The minimum Gasteiger partial charge on any atom is -0.497 e. The van der Waals surface area contributed by atoms with Crippen LogP contribution in [0.2, 0.25) is 0 Å². The van der Waals surface area contributed by atoms with Crippen LogP contribution in [0.1, 0.15) is 38.4 Å². The second kappa shape index (κ2) is 6.78. The molecule has 1 aromatic carbocycles. The number of benzene rings is 1. The van der Waals surface area contributed by atoms with Gasteiger partial charge in [0, 0.05) is 13.2 Å². The molecule has 0 saturated carbocycles. The van der Waals surface area contributed by atoms with E-state index in [0.29, 0.717) is 11.5 Å².